The number of hydrogen-bond acceptors (Lipinski definition) is 5. The Bertz CT molecular complexity index is 1310. The van der Waals surface area contributed by atoms with E-state index in [1.54, 1.807) is 23.0 Å². The zero-order chi connectivity index (χ0) is 19.4. The summed E-state index contributed by atoms with van der Waals surface area (Å²) in [5, 5.41) is 2.32. The number of aryl methyl sites for hydroxylation is 3. The number of aromatic amines is 1. The molecule has 28 heavy (non-hydrogen) atoms. The first-order chi connectivity index (χ1) is 13.5. The summed E-state index contributed by atoms with van der Waals surface area (Å²) in [6.07, 6.45) is 3.13. The number of carbonyl (C=O) groups is 1. The molecule has 4 aromatic rings. The maximum Gasteiger partial charge on any atom is 0.262 e. The molecule has 0 unspecified atom stereocenters. The smallest absolute Gasteiger partial charge is 0.262 e. The Kier molecular flexibility index (Phi) is 4.17. The van der Waals surface area contributed by atoms with Gasteiger partial charge in [-0.3, -0.25) is 14.2 Å². The zero-order valence-electron chi connectivity index (χ0n) is 15.7. The Morgan fingerprint density at radius 3 is 3.00 bits per heavy atom. The third kappa shape index (κ3) is 2.64. The molecule has 0 radical (unpaired) electrons. The number of thioether (sulfide) groups is 1. The van der Waals surface area contributed by atoms with E-state index in [0.29, 0.717) is 5.16 Å². The summed E-state index contributed by atoms with van der Waals surface area (Å²) in [7, 11) is 1.75. The van der Waals surface area contributed by atoms with Crippen molar-refractivity contribution in [1.82, 2.24) is 14.5 Å². The first-order valence-corrected chi connectivity index (χ1v) is 11.1. The molecule has 0 atom stereocenters. The van der Waals surface area contributed by atoms with Crippen LogP contribution in [0.25, 0.3) is 21.1 Å². The van der Waals surface area contributed by atoms with Gasteiger partial charge in [-0.2, -0.15) is 0 Å². The van der Waals surface area contributed by atoms with E-state index in [2.05, 4.69) is 4.98 Å². The second-order valence-electron chi connectivity index (χ2n) is 7.18. The number of H-pyrrole nitrogens is 1. The van der Waals surface area contributed by atoms with E-state index in [1.807, 2.05) is 31.2 Å². The highest BCUT2D eigenvalue weighted by atomic mass is 32.2. The number of nitrogens with one attached hydrogen (secondary N) is 1. The second kappa shape index (κ2) is 6.60. The van der Waals surface area contributed by atoms with Crippen LogP contribution in [0.2, 0.25) is 0 Å². The van der Waals surface area contributed by atoms with E-state index in [4.69, 9.17) is 4.98 Å². The maximum atomic E-state index is 12.9. The number of fused-ring (bicyclic) bond motifs is 4. The standard InChI is InChI=1S/C21H19N3O2S2/c1-11-17(12-6-3-4-8-14(12)22-11)15(25)10-27-21-23-19-18(20(26)24(21)2)13-7-5-9-16(13)28-19/h3-4,6,8,22H,5,7,9-10H2,1-2H3. The van der Waals surface area contributed by atoms with Crippen LogP contribution in [0, 0.1) is 6.92 Å². The SMILES string of the molecule is Cc1[nH]c2ccccc2c1C(=O)CSc1nc2sc3c(c2c(=O)n1C)CCC3. The zero-order valence-corrected chi connectivity index (χ0v) is 17.3. The molecule has 5 rings (SSSR count). The van der Waals surface area contributed by atoms with Gasteiger partial charge >= 0.3 is 0 Å². The highest BCUT2D eigenvalue weighted by Crippen LogP contribution is 2.35. The van der Waals surface area contributed by atoms with Crippen LogP contribution in [-0.2, 0) is 19.9 Å². The quantitative estimate of drug-likeness (QED) is 0.311. The molecule has 0 saturated heterocycles. The Hall–Kier alpha value is -2.38. The number of aromatic nitrogens is 3. The summed E-state index contributed by atoms with van der Waals surface area (Å²) in [4.78, 5) is 35.9. The predicted octanol–water partition coefficient (Wildman–Crippen LogP) is 4.25. The van der Waals surface area contributed by atoms with Gasteiger partial charge in [-0.15, -0.1) is 11.3 Å². The van der Waals surface area contributed by atoms with Crippen molar-refractivity contribution in [3.8, 4) is 0 Å². The number of hydrogen-bond donors (Lipinski definition) is 1. The van der Waals surface area contributed by atoms with E-state index >= 15 is 0 Å². The second-order valence-corrected chi connectivity index (χ2v) is 9.20. The van der Waals surface area contributed by atoms with Gasteiger partial charge in [0.1, 0.15) is 4.83 Å². The minimum atomic E-state index is 0.00243. The number of rotatable bonds is 4. The molecule has 7 heteroatoms. The molecule has 1 aliphatic rings. The summed E-state index contributed by atoms with van der Waals surface area (Å²) in [6.45, 7) is 1.92. The van der Waals surface area contributed by atoms with Crippen LogP contribution in [0.5, 0.6) is 0 Å². The molecule has 0 saturated carbocycles. The molecule has 0 amide bonds. The van der Waals surface area contributed by atoms with Crippen LogP contribution in [0.3, 0.4) is 0 Å². The van der Waals surface area contributed by atoms with Gasteiger partial charge in [0.15, 0.2) is 10.9 Å². The van der Waals surface area contributed by atoms with Gasteiger partial charge in [0, 0.05) is 34.1 Å². The van der Waals surface area contributed by atoms with Gasteiger partial charge in [-0.05, 0) is 37.8 Å². The number of benzene rings is 1. The Morgan fingerprint density at radius 2 is 2.14 bits per heavy atom. The third-order valence-corrected chi connectivity index (χ3v) is 7.63. The molecule has 1 aliphatic carbocycles. The van der Waals surface area contributed by atoms with Gasteiger partial charge in [0.25, 0.3) is 5.56 Å². The van der Waals surface area contributed by atoms with Gasteiger partial charge in [-0.25, -0.2) is 4.98 Å². The first kappa shape index (κ1) is 17.7. The van der Waals surface area contributed by atoms with Crippen molar-refractivity contribution in [2.45, 2.75) is 31.3 Å². The number of para-hydroxylation sites is 1. The van der Waals surface area contributed by atoms with Crippen LogP contribution in [0.4, 0.5) is 0 Å². The lowest BCUT2D eigenvalue weighted by atomic mass is 10.1. The van der Waals surface area contributed by atoms with Crippen molar-refractivity contribution >= 4 is 50.0 Å². The van der Waals surface area contributed by atoms with Crippen LogP contribution in [-0.4, -0.2) is 26.1 Å². The molecule has 0 bridgehead atoms. The lowest BCUT2D eigenvalue weighted by molar-refractivity contribution is 0.102. The minimum Gasteiger partial charge on any atom is -0.358 e. The average Bonchev–Trinajstić information content (AvgIpc) is 3.34. The lowest BCUT2D eigenvalue weighted by Crippen LogP contribution is -2.20. The van der Waals surface area contributed by atoms with Gasteiger partial charge in [0.05, 0.1) is 11.1 Å². The topological polar surface area (TPSA) is 67.8 Å². The maximum absolute atomic E-state index is 12.9. The molecule has 5 nitrogen and oxygen atoms in total. The van der Waals surface area contributed by atoms with Crippen LogP contribution < -0.4 is 5.56 Å². The number of nitrogens with zero attached hydrogens (tertiary/aromatic N) is 2. The van der Waals surface area contributed by atoms with Crippen LogP contribution in [0.15, 0.2) is 34.2 Å². The van der Waals surface area contributed by atoms with E-state index in [1.165, 1.54) is 22.2 Å². The van der Waals surface area contributed by atoms with Crippen molar-refractivity contribution in [2.75, 3.05) is 5.75 Å². The highest BCUT2D eigenvalue weighted by Gasteiger charge is 2.23. The van der Waals surface area contributed by atoms with E-state index in [9.17, 15) is 9.59 Å². The molecule has 3 aromatic heterocycles. The first-order valence-electron chi connectivity index (χ1n) is 9.29. The van der Waals surface area contributed by atoms with Gasteiger partial charge in [0.2, 0.25) is 0 Å². The molecular weight excluding hydrogens is 390 g/mol. The molecule has 1 aromatic carbocycles. The van der Waals surface area contributed by atoms with Crippen molar-refractivity contribution in [1.29, 1.82) is 0 Å². The number of Topliss-reactive ketones (excluding diaryl/α,β-unsaturated/α-hetero) is 1. The predicted molar refractivity (Wildman–Crippen MR) is 115 cm³/mol. The molecule has 0 fully saturated rings. The normalized spacial score (nSPS) is 13.5. The van der Waals surface area contributed by atoms with Crippen LogP contribution >= 0.6 is 23.1 Å². The summed E-state index contributed by atoms with van der Waals surface area (Å²) in [5.41, 5.74) is 3.76. The molecule has 1 N–H and O–H groups in total. The summed E-state index contributed by atoms with van der Waals surface area (Å²) >= 11 is 2.97. The molecule has 0 aliphatic heterocycles. The van der Waals surface area contributed by atoms with E-state index in [-0.39, 0.29) is 17.1 Å². The summed E-state index contributed by atoms with van der Waals surface area (Å²) < 4.78 is 1.59. The largest absolute Gasteiger partial charge is 0.358 e. The van der Waals surface area contributed by atoms with Crippen molar-refractivity contribution in [3.05, 3.63) is 56.3 Å². The van der Waals surface area contributed by atoms with Crippen LogP contribution in [0.1, 0.15) is 32.9 Å². The molecule has 142 valence electrons. The lowest BCUT2D eigenvalue weighted by Gasteiger charge is -2.07. The Morgan fingerprint density at radius 1 is 1.32 bits per heavy atom. The van der Waals surface area contributed by atoms with Crippen molar-refractivity contribution < 1.29 is 4.79 Å². The minimum absolute atomic E-state index is 0.00243. The Balaban J connectivity index is 1.47. The van der Waals surface area contributed by atoms with Gasteiger partial charge in [-0.1, -0.05) is 30.0 Å². The third-order valence-electron chi connectivity index (χ3n) is 5.41. The van der Waals surface area contributed by atoms with Crippen molar-refractivity contribution in [3.63, 3.8) is 0 Å². The molecule has 0 spiro atoms. The van der Waals surface area contributed by atoms with Gasteiger partial charge < -0.3 is 4.98 Å². The Labute approximate surface area is 169 Å². The highest BCUT2D eigenvalue weighted by molar-refractivity contribution is 7.99. The fourth-order valence-electron chi connectivity index (χ4n) is 4.07. The molecular formula is C21H19N3O2S2. The monoisotopic (exact) mass is 409 g/mol. The number of ketones is 1. The molecule has 3 heterocycles. The summed E-state index contributed by atoms with van der Waals surface area (Å²) in [6, 6.07) is 7.83. The fourth-order valence-corrected chi connectivity index (χ4v) is 6.22. The van der Waals surface area contributed by atoms with E-state index in [0.717, 1.165) is 51.6 Å². The average molecular weight is 410 g/mol. The summed E-state index contributed by atoms with van der Waals surface area (Å²) in [5.74, 6) is 0.294. The fraction of sp³-hybridized carbons (Fsp3) is 0.286. The van der Waals surface area contributed by atoms with E-state index < -0.39 is 0 Å². The van der Waals surface area contributed by atoms with Crippen molar-refractivity contribution in [2.24, 2.45) is 7.05 Å². The number of thiophene rings is 1. The number of carbonyl (C=O) groups excluding carboxylic acids is 1.